The number of imide groups is 1. The number of rotatable bonds is 7. The number of hydrogen-bond acceptors (Lipinski definition) is 8. The fraction of sp³-hybridized carbons (Fsp3) is 0.353. The van der Waals surface area contributed by atoms with Crippen LogP contribution in [0.4, 0.5) is 0 Å². The van der Waals surface area contributed by atoms with Crippen LogP contribution in [0.25, 0.3) is 0 Å². The van der Waals surface area contributed by atoms with E-state index in [1.165, 1.54) is 23.1 Å². The maximum Gasteiger partial charge on any atom is 0.306 e. The van der Waals surface area contributed by atoms with Crippen LogP contribution in [-0.4, -0.2) is 40.6 Å². The average molecular weight is 393 g/mol. The molecule has 2 amide bonds. The number of thioether (sulfide) groups is 1. The molecule has 2 rings (SSSR count). The van der Waals surface area contributed by atoms with Crippen LogP contribution in [0.3, 0.4) is 0 Å². The van der Waals surface area contributed by atoms with Gasteiger partial charge in [-0.2, -0.15) is 0 Å². The Bertz CT molecular complexity index is 783. The first kappa shape index (κ1) is 20.1. The van der Waals surface area contributed by atoms with E-state index in [-0.39, 0.29) is 6.42 Å². The van der Waals surface area contributed by atoms with Gasteiger partial charge in [0.15, 0.2) is 11.8 Å². The number of aromatic nitrogens is 2. The third kappa shape index (κ3) is 5.63. The Kier molecular flexibility index (Phi) is 7.28. The summed E-state index contributed by atoms with van der Waals surface area (Å²) in [7, 11) is 0. The first-order chi connectivity index (χ1) is 12.4. The van der Waals surface area contributed by atoms with E-state index < -0.39 is 24.4 Å². The Balaban J connectivity index is 1.79. The lowest BCUT2D eigenvalue weighted by atomic mass is 10.1. The predicted molar refractivity (Wildman–Crippen MR) is 99.4 cm³/mol. The number of carbonyl (C=O) groups excluding carboxylic acids is 3. The molecule has 0 atom stereocenters. The standard InChI is InChI=1S/C17H19N3O4S2/c1-10-12(11(2)19-17(18-10)25-3)6-7-15(22)24-9-14(21)20-16(23)13-5-4-8-26-13/h4-5,8H,6-7,9H2,1-3H3,(H,20,21,23). The van der Waals surface area contributed by atoms with Crippen LogP contribution >= 0.6 is 23.1 Å². The number of amides is 2. The second kappa shape index (κ2) is 9.44. The molecule has 0 unspecified atom stereocenters. The van der Waals surface area contributed by atoms with E-state index in [4.69, 9.17) is 4.74 Å². The molecule has 0 saturated heterocycles. The fourth-order valence-electron chi connectivity index (χ4n) is 2.24. The highest BCUT2D eigenvalue weighted by Gasteiger charge is 2.15. The number of hydrogen-bond donors (Lipinski definition) is 1. The van der Waals surface area contributed by atoms with Gasteiger partial charge >= 0.3 is 5.97 Å². The molecule has 0 aliphatic carbocycles. The molecule has 7 nitrogen and oxygen atoms in total. The Hall–Kier alpha value is -2.26. The fourth-order valence-corrected chi connectivity index (χ4v) is 3.31. The lowest BCUT2D eigenvalue weighted by molar-refractivity contribution is -0.148. The second-order valence-corrected chi connectivity index (χ2v) is 7.10. The minimum absolute atomic E-state index is 0.107. The molecule has 9 heteroatoms. The van der Waals surface area contributed by atoms with Crippen molar-refractivity contribution in [3.05, 3.63) is 39.3 Å². The molecule has 2 aromatic rings. The normalized spacial score (nSPS) is 10.4. The zero-order valence-corrected chi connectivity index (χ0v) is 16.3. The summed E-state index contributed by atoms with van der Waals surface area (Å²) in [6, 6.07) is 3.32. The molecule has 2 aromatic heterocycles. The largest absolute Gasteiger partial charge is 0.456 e. The van der Waals surface area contributed by atoms with E-state index in [0.29, 0.717) is 16.5 Å². The van der Waals surface area contributed by atoms with Crippen molar-refractivity contribution in [1.82, 2.24) is 15.3 Å². The van der Waals surface area contributed by atoms with Crippen molar-refractivity contribution >= 4 is 40.9 Å². The van der Waals surface area contributed by atoms with Crippen molar-refractivity contribution in [1.29, 1.82) is 0 Å². The number of ether oxygens (including phenoxy) is 1. The van der Waals surface area contributed by atoms with Gasteiger partial charge in [0, 0.05) is 17.8 Å². The van der Waals surface area contributed by atoms with Crippen LogP contribution in [0.15, 0.2) is 22.7 Å². The molecular weight excluding hydrogens is 374 g/mol. The highest BCUT2D eigenvalue weighted by molar-refractivity contribution is 7.98. The van der Waals surface area contributed by atoms with Crippen LogP contribution in [-0.2, 0) is 20.7 Å². The van der Waals surface area contributed by atoms with Gasteiger partial charge in [-0.25, -0.2) is 9.97 Å². The molecule has 0 aliphatic rings. The van der Waals surface area contributed by atoms with Gasteiger partial charge in [-0.1, -0.05) is 17.8 Å². The SMILES string of the molecule is CSc1nc(C)c(CCC(=O)OCC(=O)NC(=O)c2cccs2)c(C)n1. The number of carbonyl (C=O) groups is 3. The summed E-state index contributed by atoms with van der Waals surface area (Å²) in [5.41, 5.74) is 2.56. The monoisotopic (exact) mass is 393 g/mol. The Morgan fingerprint density at radius 3 is 2.50 bits per heavy atom. The number of aryl methyl sites for hydroxylation is 2. The molecule has 0 radical (unpaired) electrons. The summed E-state index contributed by atoms with van der Waals surface area (Å²) in [6.45, 7) is 3.26. The lowest BCUT2D eigenvalue weighted by Crippen LogP contribution is -2.33. The van der Waals surface area contributed by atoms with Gasteiger partial charge in [0.05, 0.1) is 4.88 Å². The summed E-state index contributed by atoms with van der Waals surface area (Å²) >= 11 is 2.68. The van der Waals surface area contributed by atoms with E-state index in [9.17, 15) is 14.4 Å². The first-order valence-electron chi connectivity index (χ1n) is 7.82. The molecular formula is C17H19N3O4S2. The van der Waals surface area contributed by atoms with Gasteiger partial charge < -0.3 is 4.74 Å². The second-order valence-electron chi connectivity index (χ2n) is 5.37. The summed E-state index contributed by atoms with van der Waals surface area (Å²) in [4.78, 5) is 44.4. The van der Waals surface area contributed by atoms with E-state index >= 15 is 0 Å². The zero-order chi connectivity index (χ0) is 19.1. The van der Waals surface area contributed by atoms with Gasteiger partial charge in [-0.15, -0.1) is 11.3 Å². The maximum atomic E-state index is 11.9. The van der Waals surface area contributed by atoms with Gasteiger partial charge in [0.2, 0.25) is 0 Å². The quantitative estimate of drug-likeness (QED) is 0.438. The van der Waals surface area contributed by atoms with Gasteiger partial charge in [-0.3, -0.25) is 19.7 Å². The minimum Gasteiger partial charge on any atom is -0.456 e. The molecule has 138 valence electrons. The Labute approximate surface area is 159 Å². The number of nitrogens with zero attached hydrogens (tertiary/aromatic N) is 2. The van der Waals surface area contributed by atoms with Gasteiger partial charge in [0.25, 0.3) is 11.8 Å². The molecule has 0 saturated carbocycles. The summed E-state index contributed by atoms with van der Waals surface area (Å²) in [5.74, 6) is -1.67. The van der Waals surface area contributed by atoms with Gasteiger partial charge in [-0.05, 0) is 43.5 Å². The molecule has 0 aliphatic heterocycles. The van der Waals surface area contributed by atoms with Crippen molar-refractivity contribution in [3.8, 4) is 0 Å². The van der Waals surface area contributed by atoms with Crippen LogP contribution in [0.5, 0.6) is 0 Å². The highest BCUT2D eigenvalue weighted by atomic mass is 32.2. The van der Waals surface area contributed by atoms with Crippen molar-refractivity contribution < 1.29 is 19.1 Å². The number of thiophene rings is 1. The molecule has 26 heavy (non-hydrogen) atoms. The van der Waals surface area contributed by atoms with Crippen molar-refractivity contribution in [3.63, 3.8) is 0 Å². The Morgan fingerprint density at radius 1 is 1.23 bits per heavy atom. The third-order valence-electron chi connectivity index (χ3n) is 3.52. The van der Waals surface area contributed by atoms with Crippen LogP contribution in [0.2, 0.25) is 0 Å². The molecule has 0 bridgehead atoms. The molecule has 1 N–H and O–H groups in total. The van der Waals surface area contributed by atoms with Crippen molar-refractivity contribution in [2.45, 2.75) is 31.8 Å². The van der Waals surface area contributed by atoms with Gasteiger partial charge in [0.1, 0.15) is 0 Å². The third-order valence-corrected chi connectivity index (χ3v) is 4.94. The molecule has 0 fully saturated rings. The summed E-state index contributed by atoms with van der Waals surface area (Å²) in [6.07, 6.45) is 2.44. The van der Waals surface area contributed by atoms with Crippen LogP contribution in [0, 0.1) is 13.8 Å². The summed E-state index contributed by atoms with van der Waals surface area (Å²) < 4.78 is 4.92. The van der Waals surface area contributed by atoms with Crippen LogP contribution in [0.1, 0.15) is 33.0 Å². The van der Waals surface area contributed by atoms with Crippen molar-refractivity contribution in [2.75, 3.05) is 12.9 Å². The number of esters is 1. The van der Waals surface area contributed by atoms with E-state index in [1.807, 2.05) is 20.1 Å². The summed E-state index contributed by atoms with van der Waals surface area (Å²) in [5, 5.41) is 4.60. The highest BCUT2D eigenvalue weighted by Crippen LogP contribution is 2.17. The smallest absolute Gasteiger partial charge is 0.306 e. The topological polar surface area (TPSA) is 98.2 Å². The predicted octanol–water partition coefficient (Wildman–Crippen LogP) is 2.31. The van der Waals surface area contributed by atoms with Crippen molar-refractivity contribution in [2.24, 2.45) is 0 Å². The average Bonchev–Trinajstić information content (AvgIpc) is 3.13. The first-order valence-corrected chi connectivity index (χ1v) is 9.92. The molecule has 2 heterocycles. The minimum atomic E-state index is -0.656. The van der Waals surface area contributed by atoms with E-state index in [2.05, 4.69) is 15.3 Å². The Morgan fingerprint density at radius 2 is 1.92 bits per heavy atom. The zero-order valence-electron chi connectivity index (χ0n) is 14.7. The van der Waals surface area contributed by atoms with E-state index in [1.54, 1.807) is 17.5 Å². The molecule has 0 spiro atoms. The molecule has 0 aromatic carbocycles. The lowest BCUT2D eigenvalue weighted by Gasteiger charge is -2.10. The maximum absolute atomic E-state index is 11.9. The van der Waals surface area contributed by atoms with E-state index in [0.717, 1.165) is 17.0 Å². The number of nitrogens with one attached hydrogen (secondary N) is 1. The van der Waals surface area contributed by atoms with Crippen LogP contribution < -0.4 is 5.32 Å².